The van der Waals surface area contributed by atoms with Crippen LogP contribution in [0.3, 0.4) is 0 Å². The van der Waals surface area contributed by atoms with Crippen LogP contribution in [0.1, 0.15) is 28.8 Å². The van der Waals surface area contributed by atoms with Gasteiger partial charge in [0.05, 0.1) is 4.92 Å². The zero-order valence-electron chi connectivity index (χ0n) is 14.9. The molecule has 0 atom stereocenters. The Kier molecular flexibility index (Phi) is 5.53. The van der Waals surface area contributed by atoms with E-state index in [0.29, 0.717) is 24.7 Å². The summed E-state index contributed by atoms with van der Waals surface area (Å²) in [6, 6.07) is 8.15. The number of nitrogens with zero attached hydrogens (tertiary/aromatic N) is 2. The number of anilines is 1. The summed E-state index contributed by atoms with van der Waals surface area (Å²) in [4.78, 5) is 35.3. The van der Waals surface area contributed by atoms with Crippen LogP contribution in [0.25, 0.3) is 0 Å². The molecule has 0 saturated carbocycles. The molecule has 1 aliphatic rings. The number of alkyl halides is 3. The van der Waals surface area contributed by atoms with Gasteiger partial charge in [-0.15, -0.1) is 0 Å². The van der Waals surface area contributed by atoms with Crippen LogP contribution in [0, 0.1) is 10.1 Å². The van der Waals surface area contributed by atoms with Gasteiger partial charge >= 0.3 is 6.18 Å². The molecular formula is C19H15F3N2O5. The first-order valence-electron chi connectivity index (χ1n) is 8.59. The number of non-ortho nitro benzene ring substituents is 1. The number of ketones is 1. The first kappa shape index (κ1) is 20.3. The van der Waals surface area contributed by atoms with Gasteiger partial charge in [0.2, 0.25) is 5.91 Å². The fourth-order valence-electron chi connectivity index (χ4n) is 2.95. The van der Waals surface area contributed by atoms with E-state index in [0.717, 1.165) is 18.6 Å². The van der Waals surface area contributed by atoms with E-state index in [1.165, 1.54) is 12.1 Å². The lowest BCUT2D eigenvalue weighted by molar-refractivity contribution is -0.385. The van der Waals surface area contributed by atoms with Gasteiger partial charge in [-0.1, -0.05) is 0 Å². The number of nitro groups is 1. The normalized spacial score (nSPS) is 14.2. The Labute approximate surface area is 162 Å². The number of carbonyl (C=O) groups excluding carboxylic acids is 2. The molecule has 2 aromatic carbocycles. The molecule has 1 aliphatic heterocycles. The molecule has 1 heterocycles. The molecule has 2 aromatic rings. The average Bonchev–Trinajstić information content (AvgIpc) is 3.11. The third-order valence-corrected chi connectivity index (χ3v) is 4.41. The van der Waals surface area contributed by atoms with E-state index in [-0.39, 0.29) is 11.5 Å². The number of hydrogen-bond acceptors (Lipinski definition) is 5. The van der Waals surface area contributed by atoms with Crippen molar-refractivity contribution in [2.24, 2.45) is 0 Å². The highest BCUT2D eigenvalue weighted by molar-refractivity contribution is 5.99. The smallest absolute Gasteiger partial charge is 0.420 e. The fourth-order valence-corrected chi connectivity index (χ4v) is 2.95. The van der Waals surface area contributed by atoms with Crippen molar-refractivity contribution in [3.05, 3.63) is 63.7 Å². The maximum Gasteiger partial charge on any atom is 0.420 e. The number of Topliss-reactive ketones (excluding diaryl/α,β-unsaturated/α-hetero) is 1. The summed E-state index contributed by atoms with van der Waals surface area (Å²) in [6.07, 6.45) is -3.66. The predicted octanol–water partition coefficient (Wildman–Crippen LogP) is 4.00. The SMILES string of the molecule is O=C(COc1ccc([N+](=O)[O-])cc1C(F)(F)F)c1ccc(N2CCCC2=O)cc1. The third kappa shape index (κ3) is 4.53. The van der Waals surface area contributed by atoms with Gasteiger partial charge in [0, 0.05) is 36.3 Å². The number of nitro benzene ring substituents is 1. The van der Waals surface area contributed by atoms with Crippen LogP contribution >= 0.6 is 0 Å². The molecular weight excluding hydrogens is 393 g/mol. The Morgan fingerprint density at radius 1 is 1.17 bits per heavy atom. The second kappa shape index (κ2) is 7.90. The minimum absolute atomic E-state index is 0.00902. The Morgan fingerprint density at radius 3 is 2.41 bits per heavy atom. The summed E-state index contributed by atoms with van der Waals surface area (Å²) in [5.74, 6) is -1.25. The second-order valence-electron chi connectivity index (χ2n) is 6.34. The molecule has 1 fully saturated rings. The van der Waals surface area contributed by atoms with Crippen molar-refractivity contribution in [1.82, 2.24) is 0 Å². The van der Waals surface area contributed by atoms with Crippen molar-refractivity contribution in [2.45, 2.75) is 19.0 Å². The molecule has 0 bridgehead atoms. The topological polar surface area (TPSA) is 89.8 Å². The quantitative estimate of drug-likeness (QED) is 0.409. The van der Waals surface area contributed by atoms with Crippen LogP contribution in [-0.4, -0.2) is 29.8 Å². The van der Waals surface area contributed by atoms with Crippen LogP contribution in [0.2, 0.25) is 0 Å². The van der Waals surface area contributed by atoms with Gasteiger partial charge in [-0.25, -0.2) is 0 Å². The Hall–Kier alpha value is -3.43. The lowest BCUT2D eigenvalue weighted by atomic mass is 10.1. The third-order valence-electron chi connectivity index (χ3n) is 4.41. The van der Waals surface area contributed by atoms with Gasteiger partial charge in [-0.05, 0) is 36.8 Å². The van der Waals surface area contributed by atoms with Crippen LogP contribution in [-0.2, 0) is 11.0 Å². The largest absolute Gasteiger partial charge is 0.485 e. The van der Waals surface area contributed by atoms with Gasteiger partial charge in [-0.2, -0.15) is 13.2 Å². The lowest BCUT2D eigenvalue weighted by Crippen LogP contribution is -2.23. The standard InChI is InChI=1S/C19H15F3N2O5/c20-19(21,22)15-10-14(24(27)28)7-8-17(15)29-11-16(25)12-3-5-13(6-4-12)23-9-1-2-18(23)26/h3-8,10H,1-2,9,11H2. The summed E-state index contributed by atoms with van der Waals surface area (Å²) >= 11 is 0. The van der Waals surface area contributed by atoms with Gasteiger partial charge in [0.15, 0.2) is 12.4 Å². The van der Waals surface area contributed by atoms with E-state index >= 15 is 0 Å². The summed E-state index contributed by atoms with van der Waals surface area (Å²) in [5, 5.41) is 10.7. The Balaban J connectivity index is 1.72. The second-order valence-corrected chi connectivity index (χ2v) is 6.34. The van der Waals surface area contributed by atoms with Crippen molar-refractivity contribution in [3.63, 3.8) is 0 Å². The highest BCUT2D eigenvalue weighted by Crippen LogP contribution is 2.38. The number of amides is 1. The molecule has 0 aliphatic carbocycles. The highest BCUT2D eigenvalue weighted by atomic mass is 19.4. The molecule has 29 heavy (non-hydrogen) atoms. The van der Waals surface area contributed by atoms with E-state index in [1.54, 1.807) is 17.0 Å². The monoisotopic (exact) mass is 408 g/mol. The van der Waals surface area contributed by atoms with Crippen molar-refractivity contribution in [2.75, 3.05) is 18.1 Å². The molecule has 0 spiro atoms. The van der Waals surface area contributed by atoms with E-state index in [9.17, 15) is 32.9 Å². The van der Waals surface area contributed by atoms with E-state index < -0.39 is 40.5 Å². The number of hydrogen-bond donors (Lipinski definition) is 0. The minimum atomic E-state index is -4.88. The lowest BCUT2D eigenvalue weighted by Gasteiger charge is -2.16. The molecule has 1 amide bonds. The molecule has 10 heteroatoms. The molecule has 3 rings (SSSR count). The van der Waals surface area contributed by atoms with Crippen molar-refractivity contribution < 1.29 is 32.4 Å². The van der Waals surface area contributed by atoms with Crippen molar-refractivity contribution in [3.8, 4) is 5.75 Å². The van der Waals surface area contributed by atoms with Crippen LogP contribution in [0.4, 0.5) is 24.5 Å². The molecule has 1 saturated heterocycles. The summed E-state index contributed by atoms with van der Waals surface area (Å²) in [5.41, 5.74) is -1.22. The number of carbonyl (C=O) groups is 2. The highest BCUT2D eigenvalue weighted by Gasteiger charge is 2.36. The summed E-state index contributed by atoms with van der Waals surface area (Å²) in [6.45, 7) is -0.0848. The molecule has 152 valence electrons. The van der Waals surface area contributed by atoms with E-state index in [1.807, 2.05) is 0 Å². The molecule has 0 N–H and O–H groups in total. The fraction of sp³-hybridized carbons (Fsp3) is 0.263. The Bertz CT molecular complexity index is 957. The van der Waals surface area contributed by atoms with Gasteiger partial charge in [0.1, 0.15) is 11.3 Å². The molecule has 0 aromatic heterocycles. The van der Waals surface area contributed by atoms with Gasteiger partial charge in [-0.3, -0.25) is 19.7 Å². The average molecular weight is 408 g/mol. The number of benzene rings is 2. The van der Waals surface area contributed by atoms with Gasteiger partial charge in [0.25, 0.3) is 5.69 Å². The number of halogens is 3. The van der Waals surface area contributed by atoms with Gasteiger partial charge < -0.3 is 9.64 Å². The number of ether oxygens (including phenoxy) is 1. The Morgan fingerprint density at radius 2 is 1.86 bits per heavy atom. The number of rotatable bonds is 6. The first-order chi connectivity index (χ1) is 13.7. The molecule has 0 unspecified atom stereocenters. The zero-order chi connectivity index (χ0) is 21.2. The van der Waals surface area contributed by atoms with Crippen LogP contribution in [0.15, 0.2) is 42.5 Å². The maximum absolute atomic E-state index is 13.1. The predicted molar refractivity (Wildman–Crippen MR) is 96.0 cm³/mol. The zero-order valence-corrected chi connectivity index (χ0v) is 14.9. The van der Waals surface area contributed by atoms with E-state index in [4.69, 9.17) is 4.74 Å². The minimum Gasteiger partial charge on any atom is -0.485 e. The summed E-state index contributed by atoms with van der Waals surface area (Å²) in [7, 11) is 0. The maximum atomic E-state index is 13.1. The van der Waals surface area contributed by atoms with Crippen LogP contribution in [0.5, 0.6) is 5.75 Å². The summed E-state index contributed by atoms with van der Waals surface area (Å²) < 4.78 is 44.4. The first-order valence-corrected chi connectivity index (χ1v) is 8.59. The van der Waals surface area contributed by atoms with E-state index in [2.05, 4.69) is 0 Å². The van der Waals surface area contributed by atoms with Crippen molar-refractivity contribution >= 4 is 23.1 Å². The molecule has 7 nitrogen and oxygen atoms in total. The van der Waals surface area contributed by atoms with Crippen molar-refractivity contribution in [1.29, 1.82) is 0 Å². The van der Waals surface area contributed by atoms with Crippen LogP contribution < -0.4 is 9.64 Å². The molecule has 0 radical (unpaired) electrons.